The van der Waals surface area contributed by atoms with Crippen LogP contribution in [0.5, 0.6) is 0 Å². The highest BCUT2D eigenvalue weighted by atomic mass is 16.5. The Balaban J connectivity index is 1.31. The van der Waals surface area contributed by atoms with Gasteiger partial charge in [0.2, 0.25) is 5.91 Å². The van der Waals surface area contributed by atoms with Crippen molar-refractivity contribution < 1.29 is 9.32 Å². The summed E-state index contributed by atoms with van der Waals surface area (Å²) in [6, 6.07) is 12.5. The van der Waals surface area contributed by atoms with Gasteiger partial charge in [-0.2, -0.15) is 0 Å². The van der Waals surface area contributed by atoms with Crippen LogP contribution < -0.4 is 5.32 Å². The van der Waals surface area contributed by atoms with E-state index in [9.17, 15) is 4.79 Å². The fraction of sp³-hybridized carbons (Fsp3) is 0.500. The van der Waals surface area contributed by atoms with Gasteiger partial charge < -0.3 is 14.7 Å². The third-order valence-corrected chi connectivity index (χ3v) is 4.94. The Bertz CT molecular complexity index is 661. The van der Waals surface area contributed by atoms with E-state index in [0.717, 1.165) is 25.6 Å². The van der Waals surface area contributed by atoms with Crippen LogP contribution in [0.1, 0.15) is 37.0 Å². The number of piperidine rings is 1. The Morgan fingerprint density at radius 2 is 2.04 bits per heavy atom. The number of aryl methyl sites for hydroxylation is 2. The van der Waals surface area contributed by atoms with Gasteiger partial charge in [-0.05, 0) is 57.2 Å². The lowest BCUT2D eigenvalue weighted by atomic mass is 9.90. The first-order valence-corrected chi connectivity index (χ1v) is 9.18. The minimum absolute atomic E-state index is 0.000462. The maximum atomic E-state index is 12.0. The minimum atomic E-state index is -0.000462. The Morgan fingerprint density at radius 1 is 1.28 bits per heavy atom. The molecule has 5 heteroatoms. The van der Waals surface area contributed by atoms with Crippen molar-refractivity contribution in [2.45, 2.75) is 39.0 Å². The number of aromatic nitrogens is 1. The number of likely N-dealkylation sites (tertiary alicyclic amines) is 1. The lowest BCUT2D eigenvalue weighted by molar-refractivity contribution is -0.116. The van der Waals surface area contributed by atoms with Gasteiger partial charge >= 0.3 is 0 Å². The number of hydrogen-bond acceptors (Lipinski definition) is 4. The summed E-state index contributed by atoms with van der Waals surface area (Å²) in [4.78, 5) is 14.4. The normalized spacial score (nSPS) is 16.0. The Labute approximate surface area is 149 Å². The van der Waals surface area contributed by atoms with Gasteiger partial charge in [-0.15, -0.1) is 0 Å². The van der Waals surface area contributed by atoms with Gasteiger partial charge in [0.05, 0.1) is 0 Å². The maximum absolute atomic E-state index is 12.0. The molecule has 1 N–H and O–H groups in total. The monoisotopic (exact) mass is 341 g/mol. The number of carbonyl (C=O) groups is 1. The van der Waals surface area contributed by atoms with E-state index in [1.807, 2.05) is 6.92 Å². The van der Waals surface area contributed by atoms with Crippen LogP contribution in [0.15, 0.2) is 40.9 Å². The highest BCUT2D eigenvalue weighted by molar-refractivity contribution is 5.89. The summed E-state index contributed by atoms with van der Waals surface area (Å²) in [6.45, 7) is 4.81. The van der Waals surface area contributed by atoms with Crippen molar-refractivity contribution in [1.29, 1.82) is 0 Å². The Hall–Kier alpha value is -2.14. The molecular weight excluding hydrogens is 314 g/mol. The number of carbonyl (C=O) groups excluding carboxylic acids is 1. The van der Waals surface area contributed by atoms with Crippen LogP contribution in [0.2, 0.25) is 0 Å². The molecule has 1 saturated heterocycles. The number of anilines is 1. The molecule has 5 nitrogen and oxygen atoms in total. The van der Waals surface area contributed by atoms with Crippen molar-refractivity contribution in [3.63, 3.8) is 0 Å². The van der Waals surface area contributed by atoms with E-state index < -0.39 is 0 Å². The smallest absolute Gasteiger partial charge is 0.226 e. The second kappa shape index (κ2) is 8.81. The van der Waals surface area contributed by atoms with Crippen molar-refractivity contribution in [1.82, 2.24) is 10.1 Å². The largest absolute Gasteiger partial charge is 0.360 e. The molecule has 0 unspecified atom stereocenters. The third kappa shape index (κ3) is 5.71. The number of nitrogens with zero attached hydrogens (tertiary/aromatic N) is 2. The van der Waals surface area contributed by atoms with E-state index in [4.69, 9.17) is 4.52 Å². The minimum Gasteiger partial charge on any atom is -0.360 e. The third-order valence-electron chi connectivity index (χ3n) is 4.94. The molecule has 1 aliphatic heterocycles. The molecule has 1 amide bonds. The molecule has 25 heavy (non-hydrogen) atoms. The molecule has 0 aliphatic carbocycles. The van der Waals surface area contributed by atoms with Crippen molar-refractivity contribution in [3.8, 4) is 0 Å². The first kappa shape index (κ1) is 17.7. The fourth-order valence-electron chi connectivity index (χ4n) is 3.40. The average Bonchev–Trinajstić information content (AvgIpc) is 3.04. The summed E-state index contributed by atoms with van der Waals surface area (Å²) < 4.78 is 4.95. The molecule has 1 fully saturated rings. The summed E-state index contributed by atoms with van der Waals surface area (Å²) in [5.41, 5.74) is 1.43. The number of nitrogens with one attached hydrogen (secondary N) is 1. The van der Waals surface area contributed by atoms with E-state index in [2.05, 4.69) is 45.7 Å². The molecule has 1 aromatic carbocycles. The molecule has 1 aromatic heterocycles. The van der Waals surface area contributed by atoms with Gasteiger partial charge in [-0.25, -0.2) is 0 Å². The predicted octanol–water partition coefficient (Wildman–Crippen LogP) is 3.66. The second-order valence-electron chi connectivity index (χ2n) is 6.93. The molecular formula is C20H27N3O2. The van der Waals surface area contributed by atoms with Crippen LogP contribution >= 0.6 is 0 Å². The maximum Gasteiger partial charge on any atom is 0.226 e. The van der Waals surface area contributed by atoms with Gasteiger partial charge in [0.1, 0.15) is 5.76 Å². The first-order valence-electron chi connectivity index (χ1n) is 9.18. The number of rotatable bonds is 7. The molecule has 0 atom stereocenters. The average molecular weight is 341 g/mol. The lowest BCUT2D eigenvalue weighted by Gasteiger charge is -2.31. The summed E-state index contributed by atoms with van der Waals surface area (Å²) in [5.74, 6) is 2.01. The molecule has 0 bridgehead atoms. The molecule has 0 radical (unpaired) electrons. The highest BCUT2D eigenvalue weighted by Gasteiger charge is 2.19. The molecule has 3 rings (SSSR count). The zero-order valence-corrected chi connectivity index (χ0v) is 14.9. The Morgan fingerprint density at radius 3 is 2.72 bits per heavy atom. The van der Waals surface area contributed by atoms with Crippen LogP contribution in [-0.4, -0.2) is 35.6 Å². The van der Waals surface area contributed by atoms with Crippen molar-refractivity contribution >= 4 is 11.7 Å². The number of benzene rings is 1. The standard InChI is InChI=1S/C20H27N3O2/c1-16-15-19(22-25-16)21-20(24)11-14-23-12-9-18(10-13-23)8-7-17-5-3-2-4-6-17/h2-6,15,18H,7-14H2,1H3,(H,21,22,24). The molecule has 1 aliphatic rings. The van der Waals surface area contributed by atoms with E-state index >= 15 is 0 Å². The van der Waals surface area contributed by atoms with Crippen molar-refractivity contribution in [3.05, 3.63) is 47.7 Å². The number of hydrogen-bond donors (Lipinski definition) is 1. The van der Waals surface area contributed by atoms with Crippen LogP contribution in [-0.2, 0) is 11.2 Å². The summed E-state index contributed by atoms with van der Waals surface area (Å²) in [6.07, 6.45) is 5.41. The summed E-state index contributed by atoms with van der Waals surface area (Å²) in [7, 11) is 0. The SMILES string of the molecule is Cc1cc(NC(=O)CCN2CCC(CCc3ccccc3)CC2)no1. The van der Waals surface area contributed by atoms with Crippen molar-refractivity contribution in [2.24, 2.45) is 5.92 Å². The predicted molar refractivity (Wildman–Crippen MR) is 98.4 cm³/mol. The van der Waals surface area contributed by atoms with E-state index in [0.29, 0.717) is 18.0 Å². The second-order valence-corrected chi connectivity index (χ2v) is 6.93. The van der Waals surface area contributed by atoms with Gasteiger partial charge in [0.15, 0.2) is 5.82 Å². The van der Waals surface area contributed by atoms with E-state index in [1.54, 1.807) is 6.07 Å². The molecule has 2 aromatic rings. The highest BCUT2D eigenvalue weighted by Crippen LogP contribution is 2.22. The van der Waals surface area contributed by atoms with E-state index in [1.165, 1.54) is 31.2 Å². The molecule has 0 saturated carbocycles. The van der Waals surface area contributed by atoms with Crippen LogP contribution in [0.3, 0.4) is 0 Å². The van der Waals surface area contributed by atoms with Crippen LogP contribution in [0, 0.1) is 12.8 Å². The topological polar surface area (TPSA) is 58.4 Å². The molecule has 0 spiro atoms. The van der Waals surface area contributed by atoms with Crippen LogP contribution in [0.4, 0.5) is 5.82 Å². The zero-order chi connectivity index (χ0) is 17.5. The van der Waals surface area contributed by atoms with Crippen LogP contribution in [0.25, 0.3) is 0 Å². The van der Waals surface area contributed by atoms with Gasteiger partial charge in [0.25, 0.3) is 0 Å². The van der Waals surface area contributed by atoms with E-state index in [-0.39, 0.29) is 5.91 Å². The summed E-state index contributed by atoms with van der Waals surface area (Å²) >= 11 is 0. The molecule has 2 heterocycles. The fourth-order valence-corrected chi connectivity index (χ4v) is 3.40. The van der Waals surface area contributed by atoms with Gasteiger partial charge in [0, 0.05) is 19.0 Å². The zero-order valence-electron chi connectivity index (χ0n) is 14.9. The Kier molecular flexibility index (Phi) is 6.23. The lowest BCUT2D eigenvalue weighted by Crippen LogP contribution is -2.35. The summed E-state index contributed by atoms with van der Waals surface area (Å²) in [5, 5.41) is 6.56. The number of amides is 1. The first-order chi connectivity index (χ1) is 12.2. The quantitative estimate of drug-likeness (QED) is 0.835. The van der Waals surface area contributed by atoms with Gasteiger partial charge in [-0.1, -0.05) is 35.5 Å². The molecule has 134 valence electrons. The van der Waals surface area contributed by atoms with Gasteiger partial charge in [-0.3, -0.25) is 4.79 Å². The van der Waals surface area contributed by atoms with Crippen molar-refractivity contribution in [2.75, 3.05) is 25.0 Å².